The highest BCUT2D eigenvalue weighted by atomic mass is 16.3. The predicted octanol–water partition coefficient (Wildman–Crippen LogP) is 2.85. The summed E-state index contributed by atoms with van der Waals surface area (Å²) >= 11 is 0. The normalized spacial score (nSPS) is 8.93. The molecule has 0 bridgehead atoms. The van der Waals surface area contributed by atoms with Crippen molar-refractivity contribution in [3.63, 3.8) is 0 Å². The van der Waals surface area contributed by atoms with Crippen molar-refractivity contribution in [3.05, 3.63) is 48.0 Å². The number of hydrogen-bond acceptors (Lipinski definition) is 1. The Balaban J connectivity index is 0.000000293. The number of carbonyl (C=O) groups is 1. The van der Waals surface area contributed by atoms with Gasteiger partial charge in [-0.05, 0) is 23.3 Å². The summed E-state index contributed by atoms with van der Waals surface area (Å²) in [6, 6.07) is 14.8. The van der Waals surface area contributed by atoms with Crippen molar-refractivity contribution in [2.75, 3.05) is 0 Å². The van der Waals surface area contributed by atoms with E-state index in [1.54, 1.807) is 0 Å². The summed E-state index contributed by atoms with van der Waals surface area (Å²) in [5.41, 5.74) is 1.35. The van der Waals surface area contributed by atoms with Crippen molar-refractivity contribution < 1.29 is 9.90 Å². The zero-order chi connectivity index (χ0) is 10.4. The molecule has 1 N–H and O–H groups in total. The molecule has 14 heavy (non-hydrogen) atoms. The lowest BCUT2D eigenvalue weighted by molar-refractivity contribution is -0.122. The van der Waals surface area contributed by atoms with Crippen LogP contribution in [0.5, 0.6) is 0 Å². The molecule has 0 saturated carbocycles. The number of rotatable bonds is 0. The van der Waals surface area contributed by atoms with Crippen LogP contribution in [0.1, 0.15) is 5.56 Å². The minimum atomic E-state index is -0.250. The summed E-state index contributed by atoms with van der Waals surface area (Å²) in [6.45, 7) is 1.89. The first-order valence-electron chi connectivity index (χ1n) is 4.32. The lowest BCUT2D eigenvalue weighted by Gasteiger charge is -1.98. The van der Waals surface area contributed by atoms with Crippen molar-refractivity contribution in [1.29, 1.82) is 0 Å². The molecule has 0 saturated heterocycles. The number of benzene rings is 2. The SMILES string of the molecule is Cc1cccc2ccccc12.O=CO. The third kappa shape index (κ3) is 2.33. The van der Waals surface area contributed by atoms with Crippen LogP contribution in [0.15, 0.2) is 42.5 Å². The van der Waals surface area contributed by atoms with Crippen molar-refractivity contribution >= 4 is 17.2 Å². The molecule has 0 atom stereocenters. The fraction of sp³-hybridized carbons (Fsp3) is 0.0833. The van der Waals surface area contributed by atoms with E-state index < -0.39 is 0 Å². The van der Waals surface area contributed by atoms with Crippen LogP contribution in [0.25, 0.3) is 10.8 Å². The summed E-state index contributed by atoms with van der Waals surface area (Å²) < 4.78 is 0. The minimum Gasteiger partial charge on any atom is -0.483 e. The van der Waals surface area contributed by atoms with Crippen LogP contribution in [-0.4, -0.2) is 11.6 Å². The maximum Gasteiger partial charge on any atom is 0.290 e. The van der Waals surface area contributed by atoms with Crippen LogP contribution in [0.4, 0.5) is 0 Å². The summed E-state index contributed by atoms with van der Waals surface area (Å²) in [5, 5.41) is 9.57. The molecule has 0 aliphatic carbocycles. The van der Waals surface area contributed by atoms with Gasteiger partial charge in [0.2, 0.25) is 0 Å². The van der Waals surface area contributed by atoms with E-state index in [1.807, 2.05) is 0 Å². The van der Waals surface area contributed by atoms with Gasteiger partial charge < -0.3 is 5.11 Å². The summed E-state index contributed by atoms with van der Waals surface area (Å²) in [5.74, 6) is 0. The molecule has 0 aliphatic heterocycles. The average molecular weight is 188 g/mol. The molecule has 2 rings (SSSR count). The van der Waals surface area contributed by atoms with Gasteiger partial charge in [-0.3, -0.25) is 4.79 Å². The molecule has 0 aromatic heterocycles. The van der Waals surface area contributed by atoms with Crippen molar-refractivity contribution in [2.45, 2.75) is 6.92 Å². The molecule has 0 spiro atoms. The first-order valence-corrected chi connectivity index (χ1v) is 4.32. The maximum absolute atomic E-state index is 8.36. The van der Waals surface area contributed by atoms with Gasteiger partial charge in [0.25, 0.3) is 6.47 Å². The van der Waals surface area contributed by atoms with E-state index in [0.29, 0.717) is 0 Å². The van der Waals surface area contributed by atoms with Gasteiger partial charge in [0.15, 0.2) is 0 Å². The molecular weight excluding hydrogens is 176 g/mol. The Morgan fingerprint density at radius 2 is 1.64 bits per heavy atom. The molecule has 2 aromatic rings. The molecule has 0 radical (unpaired) electrons. The monoisotopic (exact) mass is 188 g/mol. The summed E-state index contributed by atoms with van der Waals surface area (Å²) in [6.07, 6.45) is 0. The van der Waals surface area contributed by atoms with Crippen LogP contribution in [0.2, 0.25) is 0 Å². The van der Waals surface area contributed by atoms with E-state index in [0.717, 1.165) is 0 Å². The van der Waals surface area contributed by atoms with Crippen molar-refractivity contribution in [1.82, 2.24) is 0 Å². The standard InChI is InChI=1S/C11H10.CH2O2/c1-9-5-4-7-10-6-2-3-8-11(9)10;2-1-3/h2-8H,1H3;1H,(H,2,3). The van der Waals surface area contributed by atoms with Crippen LogP contribution in [-0.2, 0) is 4.79 Å². The highest BCUT2D eigenvalue weighted by Crippen LogP contribution is 2.16. The second-order valence-corrected chi connectivity index (χ2v) is 2.90. The molecule has 0 aliphatic rings. The van der Waals surface area contributed by atoms with E-state index in [4.69, 9.17) is 9.90 Å². The van der Waals surface area contributed by atoms with Gasteiger partial charge in [-0.1, -0.05) is 42.5 Å². The highest BCUT2D eigenvalue weighted by Gasteiger charge is 1.91. The maximum atomic E-state index is 8.36. The highest BCUT2D eigenvalue weighted by molar-refractivity contribution is 5.85. The average Bonchev–Trinajstić information content (AvgIpc) is 2.20. The number of carboxylic acid groups (broad SMARTS) is 1. The Morgan fingerprint density at radius 3 is 2.29 bits per heavy atom. The lowest BCUT2D eigenvalue weighted by atomic mass is 10.1. The quantitative estimate of drug-likeness (QED) is 0.645. The third-order valence-corrected chi connectivity index (χ3v) is 2.01. The van der Waals surface area contributed by atoms with E-state index in [1.165, 1.54) is 16.3 Å². The van der Waals surface area contributed by atoms with Gasteiger partial charge in [0.05, 0.1) is 0 Å². The lowest BCUT2D eigenvalue weighted by Crippen LogP contribution is -1.75. The zero-order valence-corrected chi connectivity index (χ0v) is 7.97. The Bertz CT molecular complexity index is 416. The molecule has 72 valence electrons. The summed E-state index contributed by atoms with van der Waals surface area (Å²) in [7, 11) is 0. The summed E-state index contributed by atoms with van der Waals surface area (Å²) in [4.78, 5) is 8.36. The van der Waals surface area contributed by atoms with Gasteiger partial charge in [0, 0.05) is 0 Å². The third-order valence-electron chi connectivity index (χ3n) is 2.01. The molecule has 0 unspecified atom stereocenters. The first kappa shape index (κ1) is 10.3. The largest absolute Gasteiger partial charge is 0.483 e. The van der Waals surface area contributed by atoms with Crippen molar-refractivity contribution in [2.24, 2.45) is 0 Å². The van der Waals surface area contributed by atoms with Crippen LogP contribution in [0, 0.1) is 6.92 Å². The number of aryl methyl sites for hydroxylation is 1. The van der Waals surface area contributed by atoms with E-state index in [9.17, 15) is 0 Å². The van der Waals surface area contributed by atoms with Gasteiger partial charge in [0.1, 0.15) is 0 Å². The second-order valence-electron chi connectivity index (χ2n) is 2.90. The number of hydrogen-bond donors (Lipinski definition) is 1. The van der Waals surface area contributed by atoms with Crippen molar-refractivity contribution in [3.8, 4) is 0 Å². The number of fused-ring (bicyclic) bond motifs is 1. The molecule has 2 heteroatoms. The van der Waals surface area contributed by atoms with Crippen LogP contribution < -0.4 is 0 Å². The van der Waals surface area contributed by atoms with Crippen LogP contribution in [0.3, 0.4) is 0 Å². The molecule has 0 amide bonds. The molecule has 0 fully saturated rings. The molecule has 0 heterocycles. The fourth-order valence-corrected chi connectivity index (χ4v) is 1.39. The van der Waals surface area contributed by atoms with Gasteiger partial charge >= 0.3 is 0 Å². The first-order chi connectivity index (χ1) is 6.79. The topological polar surface area (TPSA) is 37.3 Å². The molecular formula is C12H12O2. The minimum absolute atomic E-state index is 0.250. The van der Waals surface area contributed by atoms with Gasteiger partial charge in [-0.15, -0.1) is 0 Å². The van der Waals surface area contributed by atoms with Gasteiger partial charge in [-0.25, -0.2) is 0 Å². The van der Waals surface area contributed by atoms with Crippen LogP contribution >= 0.6 is 0 Å². The Morgan fingerprint density at radius 1 is 1.07 bits per heavy atom. The van der Waals surface area contributed by atoms with E-state index in [-0.39, 0.29) is 6.47 Å². The Labute approximate surface area is 82.8 Å². The Hall–Kier alpha value is -1.83. The smallest absolute Gasteiger partial charge is 0.290 e. The second kappa shape index (κ2) is 5.02. The predicted molar refractivity (Wildman–Crippen MR) is 57.4 cm³/mol. The van der Waals surface area contributed by atoms with E-state index >= 15 is 0 Å². The Kier molecular flexibility index (Phi) is 3.68. The van der Waals surface area contributed by atoms with Gasteiger partial charge in [-0.2, -0.15) is 0 Å². The fourth-order valence-electron chi connectivity index (χ4n) is 1.39. The zero-order valence-electron chi connectivity index (χ0n) is 7.97. The molecule has 2 aromatic carbocycles. The van der Waals surface area contributed by atoms with E-state index in [2.05, 4.69) is 49.4 Å². The molecule has 2 nitrogen and oxygen atoms in total.